The van der Waals surface area contributed by atoms with E-state index in [2.05, 4.69) is 25.8 Å². The van der Waals surface area contributed by atoms with Gasteiger partial charge in [0.15, 0.2) is 6.04 Å². The predicted octanol–water partition coefficient (Wildman–Crippen LogP) is 1.95. The topological polar surface area (TPSA) is 58.9 Å². The van der Waals surface area contributed by atoms with E-state index in [1.54, 1.807) is 13.8 Å². The number of hydrogen-bond donors (Lipinski definition) is 1. The molecule has 0 unspecified atom stereocenters. The molecule has 3 rings (SSSR count). The summed E-state index contributed by atoms with van der Waals surface area (Å²) in [4.78, 5) is 16.7. The van der Waals surface area contributed by atoms with Gasteiger partial charge in [0, 0.05) is 11.3 Å². The van der Waals surface area contributed by atoms with Crippen LogP contribution in [0.15, 0.2) is 4.99 Å². The first kappa shape index (κ1) is 13.1. The van der Waals surface area contributed by atoms with Gasteiger partial charge < -0.3 is 9.84 Å². The van der Waals surface area contributed by atoms with E-state index >= 15 is 0 Å². The van der Waals surface area contributed by atoms with Crippen molar-refractivity contribution in [2.45, 2.75) is 65.2 Å². The molecule has 0 aromatic rings. The van der Waals surface area contributed by atoms with Crippen molar-refractivity contribution in [1.82, 2.24) is 0 Å². The van der Waals surface area contributed by atoms with Gasteiger partial charge in [0.05, 0.1) is 11.3 Å². The van der Waals surface area contributed by atoms with Crippen molar-refractivity contribution in [2.24, 2.45) is 21.7 Å². The Morgan fingerprint density at radius 1 is 1.37 bits per heavy atom. The smallest absolute Gasteiger partial charge is 0.334 e. The number of ether oxygens (including phenoxy) is 1. The molecule has 2 aliphatic carbocycles. The number of fused-ring (bicyclic) bond motifs is 5. The number of aliphatic hydroxyl groups is 1. The highest BCUT2D eigenvalue weighted by Crippen LogP contribution is 2.65. The molecule has 2 saturated carbocycles. The normalized spacial score (nSPS) is 43.8. The van der Waals surface area contributed by atoms with Gasteiger partial charge in [-0.05, 0) is 32.1 Å². The first-order chi connectivity index (χ1) is 8.59. The van der Waals surface area contributed by atoms with Crippen LogP contribution >= 0.6 is 0 Å². The average molecular weight is 265 g/mol. The highest BCUT2D eigenvalue weighted by Gasteiger charge is 2.68. The summed E-state index contributed by atoms with van der Waals surface area (Å²) >= 11 is 0. The maximum Gasteiger partial charge on any atom is 0.334 e. The van der Waals surface area contributed by atoms with Crippen molar-refractivity contribution in [3.63, 3.8) is 0 Å². The number of carbonyl (C=O) groups excluding carboxylic acids is 1. The largest absolute Gasteiger partial charge is 0.454 e. The van der Waals surface area contributed by atoms with Crippen molar-refractivity contribution in [3.05, 3.63) is 0 Å². The standard InChI is InChI=1S/C15H23NO3/c1-13(2)8-6-7-15(13,5)11-9(8)16-10(12(17)19-11)14(3,4)18/h8,10-11,18H,6-7H2,1-5H3/t8-,10+,11-,15+/m1/s1. The van der Waals surface area contributed by atoms with Crippen molar-refractivity contribution in [1.29, 1.82) is 0 Å². The van der Waals surface area contributed by atoms with Crippen LogP contribution in [0.1, 0.15) is 47.5 Å². The molecule has 4 atom stereocenters. The zero-order chi connectivity index (χ0) is 14.2. The highest BCUT2D eigenvalue weighted by molar-refractivity contribution is 6.01. The van der Waals surface area contributed by atoms with Gasteiger partial charge in [0.1, 0.15) is 6.10 Å². The molecule has 19 heavy (non-hydrogen) atoms. The maximum atomic E-state index is 12.1. The lowest BCUT2D eigenvalue weighted by Crippen LogP contribution is -2.52. The van der Waals surface area contributed by atoms with Gasteiger partial charge in [0.2, 0.25) is 0 Å². The first-order valence-electron chi connectivity index (χ1n) is 7.09. The number of nitrogens with zero attached hydrogens (tertiary/aromatic N) is 1. The van der Waals surface area contributed by atoms with Gasteiger partial charge in [0.25, 0.3) is 0 Å². The summed E-state index contributed by atoms with van der Waals surface area (Å²) in [5.41, 5.74) is -0.0744. The molecule has 1 heterocycles. The van der Waals surface area contributed by atoms with Crippen LogP contribution < -0.4 is 0 Å². The second-order valence-corrected chi connectivity index (χ2v) is 7.66. The predicted molar refractivity (Wildman–Crippen MR) is 72.0 cm³/mol. The summed E-state index contributed by atoms with van der Waals surface area (Å²) in [7, 11) is 0. The minimum Gasteiger partial charge on any atom is -0.454 e. The lowest BCUT2D eigenvalue weighted by molar-refractivity contribution is -0.161. The van der Waals surface area contributed by atoms with E-state index in [-0.39, 0.29) is 22.9 Å². The molecule has 0 aromatic heterocycles. The zero-order valence-corrected chi connectivity index (χ0v) is 12.4. The third-order valence-corrected chi connectivity index (χ3v) is 5.90. The Morgan fingerprint density at radius 2 is 2.00 bits per heavy atom. The highest BCUT2D eigenvalue weighted by atomic mass is 16.6. The molecule has 0 saturated heterocycles. The Bertz CT molecular complexity index is 474. The molecule has 106 valence electrons. The fourth-order valence-electron chi connectivity index (χ4n) is 4.20. The van der Waals surface area contributed by atoms with Crippen molar-refractivity contribution >= 4 is 11.7 Å². The van der Waals surface area contributed by atoms with Gasteiger partial charge >= 0.3 is 5.97 Å². The molecular weight excluding hydrogens is 242 g/mol. The molecule has 0 spiro atoms. The van der Waals surface area contributed by atoms with E-state index in [0.717, 1.165) is 18.6 Å². The van der Waals surface area contributed by atoms with Crippen LogP contribution in [0.3, 0.4) is 0 Å². The Balaban J connectivity index is 2.08. The van der Waals surface area contributed by atoms with E-state index in [1.807, 2.05) is 0 Å². The minimum atomic E-state index is -1.16. The maximum absolute atomic E-state index is 12.1. The number of esters is 1. The van der Waals surface area contributed by atoms with E-state index in [9.17, 15) is 9.90 Å². The average Bonchev–Trinajstić information content (AvgIpc) is 2.58. The van der Waals surface area contributed by atoms with Gasteiger partial charge in [-0.15, -0.1) is 0 Å². The molecule has 1 N–H and O–H groups in total. The number of rotatable bonds is 1. The third-order valence-electron chi connectivity index (χ3n) is 5.90. The molecule has 3 aliphatic rings. The molecular formula is C15H23NO3. The van der Waals surface area contributed by atoms with Crippen LogP contribution in [0.2, 0.25) is 0 Å². The van der Waals surface area contributed by atoms with Crippen molar-refractivity contribution in [3.8, 4) is 0 Å². The van der Waals surface area contributed by atoms with E-state index in [0.29, 0.717) is 5.92 Å². The van der Waals surface area contributed by atoms with Gasteiger partial charge in [-0.1, -0.05) is 20.8 Å². The van der Waals surface area contributed by atoms with Crippen LogP contribution in [0, 0.1) is 16.7 Å². The van der Waals surface area contributed by atoms with Crippen LogP contribution in [-0.2, 0) is 9.53 Å². The van der Waals surface area contributed by atoms with Crippen LogP contribution in [0.4, 0.5) is 0 Å². The third kappa shape index (κ3) is 1.44. The Morgan fingerprint density at radius 3 is 2.58 bits per heavy atom. The molecule has 4 nitrogen and oxygen atoms in total. The minimum absolute atomic E-state index is 0.0171. The Hall–Kier alpha value is -0.900. The summed E-state index contributed by atoms with van der Waals surface area (Å²) in [6, 6.07) is -0.780. The second kappa shape index (κ2) is 3.40. The molecule has 0 aromatic carbocycles. The lowest BCUT2D eigenvalue weighted by Gasteiger charge is -2.40. The molecule has 4 heteroatoms. The van der Waals surface area contributed by atoms with Crippen molar-refractivity contribution in [2.75, 3.05) is 0 Å². The fourth-order valence-corrected chi connectivity index (χ4v) is 4.20. The molecule has 0 radical (unpaired) electrons. The van der Waals surface area contributed by atoms with Crippen LogP contribution in [0.5, 0.6) is 0 Å². The number of carbonyl (C=O) groups is 1. The number of aliphatic imine (C=N–C) groups is 1. The summed E-state index contributed by atoms with van der Waals surface area (Å²) in [6.07, 6.45) is 2.00. The van der Waals surface area contributed by atoms with Crippen LogP contribution in [-0.4, -0.2) is 34.5 Å². The zero-order valence-electron chi connectivity index (χ0n) is 12.4. The van der Waals surface area contributed by atoms with Gasteiger partial charge in [-0.3, -0.25) is 4.99 Å². The van der Waals surface area contributed by atoms with E-state index in [1.165, 1.54) is 0 Å². The van der Waals surface area contributed by atoms with Crippen LogP contribution in [0.25, 0.3) is 0 Å². The Labute approximate surface area is 114 Å². The number of hydrogen-bond acceptors (Lipinski definition) is 4. The fraction of sp³-hybridized carbons (Fsp3) is 0.867. The Kier molecular flexibility index (Phi) is 2.35. The second-order valence-electron chi connectivity index (χ2n) is 7.66. The molecule has 2 fully saturated rings. The van der Waals surface area contributed by atoms with Gasteiger partial charge in [-0.2, -0.15) is 0 Å². The monoisotopic (exact) mass is 265 g/mol. The molecule has 2 bridgehead atoms. The summed E-state index contributed by atoms with van der Waals surface area (Å²) in [5, 5.41) is 10.1. The molecule has 0 amide bonds. The summed E-state index contributed by atoms with van der Waals surface area (Å²) in [6.45, 7) is 9.93. The summed E-state index contributed by atoms with van der Waals surface area (Å²) < 4.78 is 5.69. The lowest BCUT2D eigenvalue weighted by atomic mass is 9.70. The van der Waals surface area contributed by atoms with Crippen molar-refractivity contribution < 1.29 is 14.6 Å². The van der Waals surface area contributed by atoms with E-state index < -0.39 is 11.6 Å². The first-order valence-corrected chi connectivity index (χ1v) is 7.09. The summed E-state index contributed by atoms with van der Waals surface area (Å²) in [5.74, 6) is -0.00808. The quantitative estimate of drug-likeness (QED) is 0.737. The van der Waals surface area contributed by atoms with Gasteiger partial charge in [-0.25, -0.2) is 4.79 Å². The SMILES string of the molecule is CC(C)(O)[C@H]1N=C2[C@H]3CC[C@@](C)([C@@H]2OC1=O)C3(C)C. The molecule has 1 aliphatic heterocycles. The van der Waals surface area contributed by atoms with E-state index in [4.69, 9.17) is 4.74 Å².